The van der Waals surface area contributed by atoms with Gasteiger partial charge in [-0.25, -0.2) is 25.8 Å². The lowest BCUT2D eigenvalue weighted by Gasteiger charge is -2.05. The van der Waals surface area contributed by atoms with Crippen LogP contribution in [0.3, 0.4) is 0 Å². The zero-order valence-corrected chi connectivity index (χ0v) is 10.3. The number of hydrogen-bond donors (Lipinski definition) is 2. The normalized spacial score (nSPS) is 10.3. The molecule has 0 aliphatic rings. The summed E-state index contributed by atoms with van der Waals surface area (Å²) in [7, 11) is 0. The molecule has 0 bridgehead atoms. The van der Waals surface area contributed by atoms with Crippen molar-refractivity contribution in [3.63, 3.8) is 0 Å². The van der Waals surface area contributed by atoms with Gasteiger partial charge in [0.05, 0.1) is 0 Å². The van der Waals surface area contributed by atoms with Gasteiger partial charge in [0.2, 0.25) is 5.95 Å². The zero-order valence-electron chi connectivity index (χ0n) is 9.51. The molecule has 7 heteroatoms. The van der Waals surface area contributed by atoms with Crippen molar-refractivity contribution >= 4 is 17.7 Å². The molecule has 0 aromatic carbocycles. The number of hydrazine groups is 1. The average Bonchev–Trinajstić information content (AvgIpc) is 2.32. The molecule has 2 aromatic rings. The Bertz CT molecular complexity index is 530. The Kier molecular flexibility index (Phi) is 3.50. The average molecular weight is 248 g/mol. The summed E-state index contributed by atoms with van der Waals surface area (Å²) >= 11 is 1.39. The molecular formula is C10H12N6S. The van der Waals surface area contributed by atoms with Crippen LogP contribution in [0.2, 0.25) is 0 Å². The molecule has 0 atom stereocenters. The van der Waals surface area contributed by atoms with E-state index in [1.54, 1.807) is 12.4 Å². The lowest BCUT2D eigenvalue weighted by atomic mass is 10.4. The number of anilines is 1. The van der Waals surface area contributed by atoms with E-state index in [4.69, 9.17) is 5.84 Å². The van der Waals surface area contributed by atoms with E-state index in [1.165, 1.54) is 11.8 Å². The van der Waals surface area contributed by atoms with E-state index in [1.807, 2.05) is 19.9 Å². The van der Waals surface area contributed by atoms with Crippen LogP contribution in [0.1, 0.15) is 11.3 Å². The van der Waals surface area contributed by atoms with Gasteiger partial charge in [-0.15, -0.1) is 0 Å². The summed E-state index contributed by atoms with van der Waals surface area (Å²) in [6, 6.07) is 1.85. The third-order valence-corrected chi connectivity index (χ3v) is 3.00. The van der Waals surface area contributed by atoms with Crippen molar-refractivity contribution in [1.29, 1.82) is 0 Å². The molecule has 0 unspecified atom stereocenters. The minimum Gasteiger partial charge on any atom is -0.292 e. The fraction of sp³-hybridized carbons (Fsp3) is 0.200. The van der Waals surface area contributed by atoms with E-state index in [0.29, 0.717) is 11.1 Å². The molecule has 0 fully saturated rings. The summed E-state index contributed by atoms with van der Waals surface area (Å²) in [5.74, 6) is 5.65. The highest BCUT2D eigenvalue weighted by Gasteiger charge is 2.07. The first kappa shape index (κ1) is 11.7. The molecule has 0 saturated carbocycles. The van der Waals surface area contributed by atoms with E-state index < -0.39 is 0 Å². The van der Waals surface area contributed by atoms with Crippen LogP contribution in [-0.2, 0) is 0 Å². The van der Waals surface area contributed by atoms with Gasteiger partial charge in [-0.1, -0.05) is 0 Å². The van der Waals surface area contributed by atoms with E-state index in [0.717, 1.165) is 16.3 Å². The minimum absolute atomic E-state index is 0.380. The predicted molar refractivity (Wildman–Crippen MR) is 65.5 cm³/mol. The highest BCUT2D eigenvalue weighted by Crippen LogP contribution is 2.25. The summed E-state index contributed by atoms with van der Waals surface area (Å²) in [5, 5.41) is 1.45. The molecule has 3 N–H and O–H groups in total. The molecule has 0 saturated heterocycles. The Hall–Kier alpha value is -1.73. The fourth-order valence-corrected chi connectivity index (χ4v) is 1.98. The second kappa shape index (κ2) is 5.07. The van der Waals surface area contributed by atoms with Crippen molar-refractivity contribution in [3.8, 4) is 0 Å². The monoisotopic (exact) mass is 248 g/mol. The number of nitrogens with zero attached hydrogens (tertiary/aromatic N) is 4. The predicted octanol–water partition coefficient (Wildman–Crippen LogP) is 1.32. The van der Waals surface area contributed by atoms with Gasteiger partial charge >= 0.3 is 0 Å². The second-order valence-corrected chi connectivity index (χ2v) is 4.36. The van der Waals surface area contributed by atoms with Crippen LogP contribution >= 0.6 is 11.8 Å². The number of nitrogen functional groups attached to an aromatic ring is 1. The number of aryl methyl sites for hydroxylation is 2. The molecule has 0 spiro atoms. The first-order valence-electron chi connectivity index (χ1n) is 4.97. The van der Waals surface area contributed by atoms with E-state index in [-0.39, 0.29) is 0 Å². The van der Waals surface area contributed by atoms with E-state index >= 15 is 0 Å². The fourth-order valence-electron chi connectivity index (χ4n) is 1.16. The van der Waals surface area contributed by atoms with Crippen molar-refractivity contribution in [1.82, 2.24) is 19.9 Å². The maximum absolute atomic E-state index is 5.27. The maximum atomic E-state index is 5.27. The summed E-state index contributed by atoms with van der Waals surface area (Å²) in [6.45, 7) is 3.85. The largest absolute Gasteiger partial charge is 0.292 e. The topological polar surface area (TPSA) is 89.6 Å². The van der Waals surface area contributed by atoms with Crippen LogP contribution in [0.5, 0.6) is 0 Å². The summed E-state index contributed by atoms with van der Waals surface area (Å²) in [4.78, 5) is 16.7. The van der Waals surface area contributed by atoms with E-state index in [2.05, 4.69) is 25.4 Å². The van der Waals surface area contributed by atoms with E-state index in [9.17, 15) is 0 Å². The van der Waals surface area contributed by atoms with Gasteiger partial charge in [0, 0.05) is 23.7 Å². The lowest BCUT2D eigenvalue weighted by Crippen LogP contribution is -2.11. The van der Waals surface area contributed by atoms with Crippen molar-refractivity contribution < 1.29 is 0 Å². The van der Waals surface area contributed by atoms with Crippen molar-refractivity contribution in [3.05, 3.63) is 29.7 Å². The minimum atomic E-state index is 0.380. The Morgan fingerprint density at radius 3 is 2.76 bits per heavy atom. The molecule has 88 valence electrons. The molecule has 6 nitrogen and oxygen atoms in total. The van der Waals surface area contributed by atoms with Crippen molar-refractivity contribution in [2.45, 2.75) is 24.0 Å². The first-order chi connectivity index (χ1) is 8.19. The van der Waals surface area contributed by atoms with Gasteiger partial charge in [-0.05, 0) is 31.7 Å². The Labute approximate surface area is 103 Å². The number of rotatable bonds is 3. The van der Waals surface area contributed by atoms with Crippen molar-refractivity contribution in [2.75, 3.05) is 5.43 Å². The Morgan fingerprint density at radius 1 is 1.24 bits per heavy atom. The third-order valence-electron chi connectivity index (χ3n) is 2.02. The molecule has 0 aliphatic heterocycles. The molecule has 17 heavy (non-hydrogen) atoms. The molecule has 2 aromatic heterocycles. The van der Waals surface area contributed by atoms with Gasteiger partial charge in [0.1, 0.15) is 5.03 Å². The lowest BCUT2D eigenvalue weighted by molar-refractivity contribution is 0.920. The van der Waals surface area contributed by atoms with Crippen LogP contribution in [0.25, 0.3) is 0 Å². The smallest absolute Gasteiger partial charge is 0.238 e. The van der Waals surface area contributed by atoms with Gasteiger partial charge in [0.15, 0.2) is 5.16 Å². The van der Waals surface area contributed by atoms with Crippen LogP contribution < -0.4 is 11.3 Å². The third kappa shape index (κ3) is 2.89. The number of nitrogens with one attached hydrogen (secondary N) is 1. The molecule has 2 heterocycles. The number of nitrogens with two attached hydrogens (primary N) is 1. The zero-order chi connectivity index (χ0) is 12.3. The standard InChI is InChI=1S/C10H12N6S/c1-6-5-13-9(16-11)15-8(6)17-10-12-4-3-7(2)14-10/h3-5H,11H2,1-2H3,(H,13,15,16). The van der Waals surface area contributed by atoms with Gasteiger partial charge < -0.3 is 0 Å². The highest BCUT2D eigenvalue weighted by atomic mass is 32.2. The SMILES string of the molecule is Cc1ccnc(Sc2nc(NN)ncc2C)n1. The molecule has 0 amide bonds. The summed E-state index contributed by atoms with van der Waals surface area (Å²) in [5.41, 5.74) is 4.30. The quantitative estimate of drug-likeness (QED) is 0.366. The summed E-state index contributed by atoms with van der Waals surface area (Å²) in [6.07, 6.45) is 3.43. The van der Waals surface area contributed by atoms with Gasteiger partial charge in [0.25, 0.3) is 0 Å². The van der Waals surface area contributed by atoms with Crippen LogP contribution in [0, 0.1) is 13.8 Å². The Balaban J connectivity index is 2.29. The molecule has 2 rings (SSSR count). The summed E-state index contributed by atoms with van der Waals surface area (Å²) < 4.78 is 0. The first-order valence-corrected chi connectivity index (χ1v) is 5.78. The molecule has 0 radical (unpaired) electrons. The Morgan fingerprint density at radius 2 is 2.06 bits per heavy atom. The molecule has 0 aliphatic carbocycles. The number of hydrogen-bond acceptors (Lipinski definition) is 7. The van der Waals surface area contributed by atoms with Crippen LogP contribution in [0.15, 0.2) is 28.6 Å². The highest BCUT2D eigenvalue weighted by molar-refractivity contribution is 7.99. The van der Waals surface area contributed by atoms with Crippen molar-refractivity contribution in [2.24, 2.45) is 5.84 Å². The van der Waals surface area contributed by atoms with Crippen LogP contribution in [-0.4, -0.2) is 19.9 Å². The number of aromatic nitrogens is 4. The van der Waals surface area contributed by atoms with Crippen LogP contribution in [0.4, 0.5) is 5.95 Å². The van der Waals surface area contributed by atoms with Gasteiger partial charge in [-0.2, -0.15) is 0 Å². The second-order valence-electron chi connectivity index (χ2n) is 3.41. The molecular weight excluding hydrogens is 236 g/mol. The maximum Gasteiger partial charge on any atom is 0.238 e. The van der Waals surface area contributed by atoms with Gasteiger partial charge in [-0.3, -0.25) is 5.43 Å².